The molecule has 2 aliphatic heterocycles. The minimum Gasteiger partial charge on any atom is -0.467 e. The van der Waals surface area contributed by atoms with Crippen LogP contribution in [0.3, 0.4) is 0 Å². The summed E-state index contributed by atoms with van der Waals surface area (Å²) in [7, 11) is 1.19. The zero-order valence-corrected chi connectivity index (χ0v) is 26.7. The molecule has 10 atom stereocenters. The van der Waals surface area contributed by atoms with Crippen LogP contribution < -0.4 is 5.73 Å². The number of thioether (sulfide) groups is 1. The fraction of sp³-hybridized carbons (Fsp3) is 0.710. The third-order valence-electron chi connectivity index (χ3n) is 10.5. The molecule has 242 valence electrons. The number of carbonyl (C=O) groups excluding carboxylic acids is 5. The van der Waals surface area contributed by atoms with Gasteiger partial charge in [-0.3, -0.25) is 4.79 Å². The van der Waals surface area contributed by atoms with Crippen molar-refractivity contribution in [1.29, 1.82) is 0 Å². The van der Waals surface area contributed by atoms with Gasteiger partial charge in [0.1, 0.15) is 12.1 Å². The number of Topliss-reactive ketones (excluding diaryl/α,β-unsaturated/α-hetero) is 1. The molecule has 0 amide bonds. The molecular formula is C31H41NO11S. The minimum absolute atomic E-state index is 0.0721. The number of aliphatic hydroxyl groups is 1. The van der Waals surface area contributed by atoms with Gasteiger partial charge in [-0.2, -0.15) is 11.8 Å². The second kappa shape index (κ2) is 11.6. The second-order valence-corrected chi connectivity index (χ2v) is 14.2. The van der Waals surface area contributed by atoms with Crippen molar-refractivity contribution in [1.82, 2.24) is 0 Å². The predicted molar refractivity (Wildman–Crippen MR) is 156 cm³/mol. The van der Waals surface area contributed by atoms with Gasteiger partial charge in [-0.05, 0) is 62.5 Å². The number of fused-ring (bicyclic) bond motifs is 2. The van der Waals surface area contributed by atoms with Crippen LogP contribution in [0.1, 0.15) is 53.4 Å². The molecule has 13 heteroatoms. The smallest absolute Gasteiger partial charge is 0.348 e. The van der Waals surface area contributed by atoms with Crippen LogP contribution in [0.4, 0.5) is 0 Å². The molecule has 2 saturated carbocycles. The first kappa shape index (κ1) is 32.6. The van der Waals surface area contributed by atoms with Crippen LogP contribution in [-0.2, 0) is 47.7 Å². The standard InChI is InChI=1S/C31H41NO11S/c1-14(2)9-21(35)42-23-25-30-13-40-31(25,28(38)39-5)12-19(34)24(30)29(4)11-18(33)22(43-26(36)17(32)7-8-44-6)15(3)16(29)10-20(30)41-27(23)37/h9,16-17,19-20,23-25,34H,7-8,10-13,32H2,1-6H3/t16?,17-,19-,20+,23+,24?,25+,29-,30+,31+/m0/s1. The van der Waals surface area contributed by atoms with Crippen molar-refractivity contribution < 1.29 is 52.8 Å². The summed E-state index contributed by atoms with van der Waals surface area (Å²) < 4.78 is 28.7. The van der Waals surface area contributed by atoms with Crippen LogP contribution in [0.2, 0.25) is 0 Å². The Morgan fingerprint density at radius 2 is 1.93 bits per heavy atom. The van der Waals surface area contributed by atoms with Crippen molar-refractivity contribution in [3.63, 3.8) is 0 Å². The van der Waals surface area contributed by atoms with Gasteiger partial charge in [-0.25, -0.2) is 19.2 Å². The Morgan fingerprint density at radius 1 is 1.23 bits per heavy atom. The first-order valence-corrected chi connectivity index (χ1v) is 16.2. The van der Waals surface area contributed by atoms with Crippen LogP contribution in [0.25, 0.3) is 0 Å². The average molecular weight is 636 g/mol. The van der Waals surface area contributed by atoms with E-state index in [-0.39, 0.29) is 31.6 Å². The topological polar surface area (TPSA) is 178 Å². The van der Waals surface area contributed by atoms with E-state index >= 15 is 0 Å². The minimum atomic E-state index is -1.78. The Morgan fingerprint density at radius 3 is 2.57 bits per heavy atom. The third kappa shape index (κ3) is 4.73. The van der Waals surface area contributed by atoms with Gasteiger partial charge in [0, 0.05) is 30.3 Å². The summed E-state index contributed by atoms with van der Waals surface area (Å²) in [5.74, 6) is -5.13. The Bertz CT molecular complexity index is 1340. The highest BCUT2D eigenvalue weighted by atomic mass is 32.2. The van der Waals surface area contributed by atoms with E-state index in [4.69, 9.17) is 29.4 Å². The maximum absolute atomic E-state index is 13.7. The van der Waals surface area contributed by atoms with Gasteiger partial charge < -0.3 is 34.5 Å². The highest BCUT2D eigenvalue weighted by molar-refractivity contribution is 7.98. The van der Waals surface area contributed by atoms with Crippen molar-refractivity contribution in [2.24, 2.45) is 34.3 Å². The molecule has 3 N–H and O–H groups in total. The van der Waals surface area contributed by atoms with E-state index in [0.29, 0.717) is 23.3 Å². The molecule has 0 aromatic heterocycles. The maximum Gasteiger partial charge on any atom is 0.348 e. The van der Waals surface area contributed by atoms with E-state index in [1.807, 2.05) is 13.2 Å². The molecule has 0 aromatic rings. The molecule has 44 heavy (non-hydrogen) atoms. The average Bonchev–Trinajstić information content (AvgIpc) is 3.20. The molecular weight excluding hydrogens is 594 g/mol. The van der Waals surface area contributed by atoms with Gasteiger partial charge in [0.2, 0.25) is 6.10 Å². The molecule has 2 saturated heterocycles. The number of nitrogens with two attached hydrogens (primary N) is 1. The Hall–Kier alpha value is -2.74. The molecule has 4 fully saturated rings. The molecule has 2 heterocycles. The molecule has 1 spiro atoms. The number of esters is 4. The lowest BCUT2D eigenvalue weighted by Crippen LogP contribution is -2.75. The molecule has 0 radical (unpaired) electrons. The number of rotatable bonds is 8. The van der Waals surface area contributed by atoms with Gasteiger partial charge in [0.25, 0.3) is 0 Å². The number of hydrogen-bond acceptors (Lipinski definition) is 13. The Kier molecular flexibility index (Phi) is 8.58. The van der Waals surface area contributed by atoms with Crippen molar-refractivity contribution in [3.8, 4) is 0 Å². The summed E-state index contributed by atoms with van der Waals surface area (Å²) in [4.78, 5) is 66.4. The number of ether oxygens (including phenoxy) is 5. The van der Waals surface area contributed by atoms with Crippen LogP contribution in [0, 0.1) is 28.6 Å². The van der Waals surface area contributed by atoms with Crippen molar-refractivity contribution in [2.75, 3.05) is 25.7 Å². The Labute approximate surface area is 260 Å². The quantitative estimate of drug-likeness (QED) is 0.224. The SMILES string of the molecule is COC(=O)[C@@]12C[C@H](O)C3[C@@]4(C)CC(=O)C(OC(=O)[C@@H](N)CCSC)=C(C)C4C[C@H]4OC(=O)[C@H](OC(=O)C=C(C)C)[C@@H]1[C@@]34CO2. The fourth-order valence-electron chi connectivity index (χ4n) is 8.96. The molecule has 2 unspecified atom stereocenters. The lowest BCUT2D eigenvalue weighted by molar-refractivity contribution is -0.269. The normalized spacial score (nSPS) is 39.4. The van der Waals surface area contributed by atoms with Gasteiger partial charge in [0.05, 0.1) is 25.7 Å². The first-order valence-electron chi connectivity index (χ1n) is 14.8. The molecule has 5 rings (SSSR count). The second-order valence-electron chi connectivity index (χ2n) is 13.2. The van der Waals surface area contributed by atoms with E-state index in [2.05, 4.69) is 0 Å². The van der Waals surface area contributed by atoms with Crippen LogP contribution in [-0.4, -0.2) is 90.4 Å². The molecule has 3 aliphatic carbocycles. The van der Waals surface area contributed by atoms with E-state index in [9.17, 15) is 29.1 Å². The molecule has 5 aliphatic rings. The van der Waals surface area contributed by atoms with E-state index in [0.717, 1.165) is 0 Å². The predicted octanol–water partition coefficient (Wildman–Crippen LogP) is 1.61. The number of allylic oxidation sites excluding steroid dienone is 3. The summed E-state index contributed by atoms with van der Waals surface area (Å²) in [6.07, 6.45) is -0.140. The summed E-state index contributed by atoms with van der Waals surface area (Å²) in [6.45, 7) is 6.91. The monoisotopic (exact) mass is 635 g/mol. The van der Waals surface area contributed by atoms with Gasteiger partial charge in [-0.15, -0.1) is 0 Å². The highest BCUT2D eigenvalue weighted by Crippen LogP contribution is 2.72. The lowest BCUT2D eigenvalue weighted by Gasteiger charge is -2.66. The fourth-order valence-corrected chi connectivity index (χ4v) is 9.45. The number of hydrogen-bond donors (Lipinski definition) is 2. The van der Waals surface area contributed by atoms with Gasteiger partial charge >= 0.3 is 23.9 Å². The third-order valence-corrected chi connectivity index (χ3v) is 11.1. The summed E-state index contributed by atoms with van der Waals surface area (Å²) in [6, 6.07) is -0.897. The van der Waals surface area contributed by atoms with Crippen molar-refractivity contribution >= 4 is 41.4 Å². The Balaban J connectivity index is 1.59. The van der Waals surface area contributed by atoms with Crippen LogP contribution in [0.5, 0.6) is 0 Å². The van der Waals surface area contributed by atoms with Crippen molar-refractivity contribution in [2.45, 2.75) is 83.3 Å². The number of ketones is 1. The number of aliphatic hydroxyl groups excluding tert-OH is 1. The summed E-state index contributed by atoms with van der Waals surface area (Å²) >= 11 is 1.54. The molecule has 12 nitrogen and oxygen atoms in total. The van der Waals surface area contributed by atoms with E-state index in [1.54, 1.807) is 32.5 Å². The lowest BCUT2D eigenvalue weighted by atomic mass is 9.38. The van der Waals surface area contributed by atoms with Gasteiger partial charge in [0.15, 0.2) is 17.1 Å². The van der Waals surface area contributed by atoms with E-state index < -0.39 is 88.2 Å². The maximum atomic E-state index is 13.7. The number of methoxy groups -OCH3 is 1. The van der Waals surface area contributed by atoms with Gasteiger partial charge in [-0.1, -0.05) is 12.5 Å². The summed E-state index contributed by atoms with van der Waals surface area (Å²) in [5, 5.41) is 11.9. The van der Waals surface area contributed by atoms with Crippen molar-refractivity contribution in [3.05, 3.63) is 23.0 Å². The van der Waals surface area contributed by atoms with Crippen LogP contribution in [0.15, 0.2) is 23.0 Å². The zero-order chi connectivity index (χ0) is 32.4. The van der Waals surface area contributed by atoms with E-state index in [1.165, 1.54) is 13.2 Å². The van der Waals surface area contributed by atoms with Crippen LogP contribution >= 0.6 is 11.8 Å². The first-order chi connectivity index (χ1) is 20.7. The largest absolute Gasteiger partial charge is 0.467 e. The molecule has 0 aromatic carbocycles. The number of carbonyl (C=O) groups is 5. The zero-order valence-electron chi connectivity index (χ0n) is 25.9. The molecule has 2 bridgehead atoms. The summed E-state index contributed by atoms with van der Waals surface area (Å²) in [5.41, 5.74) is 3.28. The highest BCUT2D eigenvalue weighted by Gasteiger charge is 2.82.